The minimum absolute atomic E-state index is 0.444. The van der Waals surface area contributed by atoms with E-state index in [0.717, 1.165) is 26.1 Å². The van der Waals surface area contributed by atoms with Gasteiger partial charge in [-0.05, 0) is 62.9 Å². The summed E-state index contributed by atoms with van der Waals surface area (Å²) in [6.07, 6.45) is 10.8. The molecule has 0 amide bonds. The minimum atomic E-state index is 0.444. The van der Waals surface area contributed by atoms with Gasteiger partial charge in [-0.2, -0.15) is 0 Å². The van der Waals surface area contributed by atoms with Gasteiger partial charge in [0.25, 0.3) is 0 Å². The number of likely N-dealkylation sites (tertiary alicyclic amines) is 1. The van der Waals surface area contributed by atoms with Crippen molar-refractivity contribution in [2.75, 3.05) is 26.2 Å². The van der Waals surface area contributed by atoms with Gasteiger partial charge in [0.2, 0.25) is 0 Å². The fourth-order valence-electron chi connectivity index (χ4n) is 4.44. The van der Waals surface area contributed by atoms with Crippen LogP contribution in [0.3, 0.4) is 0 Å². The number of hydrogen-bond donors (Lipinski definition) is 2. The second kappa shape index (κ2) is 8.27. The molecule has 1 aromatic carbocycles. The molecule has 1 aromatic rings. The van der Waals surface area contributed by atoms with Crippen LogP contribution in [-0.4, -0.2) is 36.6 Å². The lowest BCUT2D eigenvalue weighted by Gasteiger charge is -2.44. The third-order valence-electron chi connectivity index (χ3n) is 5.80. The van der Waals surface area contributed by atoms with Gasteiger partial charge in [-0.1, -0.05) is 43.5 Å². The van der Waals surface area contributed by atoms with E-state index in [1.54, 1.807) is 0 Å². The Morgan fingerprint density at radius 1 is 0.913 bits per heavy atom. The van der Waals surface area contributed by atoms with Crippen molar-refractivity contribution in [3.63, 3.8) is 0 Å². The predicted molar refractivity (Wildman–Crippen MR) is 97.5 cm³/mol. The van der Waals surface area contributed by atoms with Crippen molar-refractivity contribution in [3.8, 4) is 0 Å². The van der Waals surface area contributed by atoms with Crippen molar-refractivity contribution in [1.29, 1.82) is 0 Å². The Balaban J connectivity index is 1.52. The van der Waals surface area contributed by atoms with Crippen LogP contribution in [-0.2, 0) is 13.0 Å². The SMILES string of the molecule is NCCc1ccc(CNCC2(N3CCCCC3)CCCC2)cc1. The van der Waals surface area contributed by atoms with Crippen molar-refractivity contribution in [3.05, 3.63) is 35.4 Å². The van der Waals surface area contributed by atoms with Crippen molar-refractivity contribution in [1.82, 2.24) is 10.2 Å². The molecule has 1 heterocycles. The molecule has 1 saturated heterocycles. The Kier molecular flexibility index (Phi) is 6.09. The Labute approximate surface area is 141 Å². The Hall–Kier alpha value is -0.900. The van der Waals surface area contributed by atoms with Crippen LogP contribution < -0.4 is 11.1 Å². The molecule has 1 aliphatic carbocycles. The number of piperidine rings is 1. The maximum absolute atomic E-state index is 5.62. The van der Waals surface area contributed by atoms with E-state index in [1.807, 2.05) is 0 Å². The highest BCUT2D eigenvalue weighted by molar-refractivity contribution is 5.22. The molecule has 0 atom stereocenters. The first-order valence-electron chi connectivity index (χ1n) is 9.56. The lowest BCUT2D eigenvalue weighted by Crippen LogP contribution is -2.54. The molecule has 1 saturated carbocycles. The largest absolute Gasteiger partial charge is 0.330 e. The summed E-state index contributed by atoms with van der Waals surface area (Å²) in [6, 6.07) is 8.94. The van der Waals surface area contributed by atoms with Gasteiger partial charge in [-0.15, -0.1) is 0 Å². The summed E-state index contributed by atoms with van der Waals surface area (Å²) >= 11 is 0. The average Bonchev–Trinajstić information content (AvgIpc) is 3.08. The molecule has 2 fully saturated rings. The molecule has 3 nitrogen and oxygen atoms in total. The monoisotopic (exact) mass is 315 g/mol. The van der Waals surface area contributed by atoms with Gasteiger partial charge in [-0.25, -0.2) is 0 Å². The topological polar surface area (TPSA) is 41.3 Å². The summed E-state index contributed by atoms with van der Waals surface area (Å²) in [5.74, 6) is 0. The smallest absolute Gasteiger partial charge is 0.0334 e. The van der Waals surface area contributed by atoms with Gasteiger partial charge < -0.3 is 11.1 Å². The first-order chi connectivity index (χ1) is 11.3. The van der Waals surface area contributed by atoms with Crippen molar-refractivity contribution in [2.24, 2.45) is 5.73 Å². The van der Waals surface area contributed by atoms with Crippen LogP contribution in [0.2, 0.25) is 0 Å². The molecule has 1 aliphatic heterocycles. The van der Waals surface area contributed by atoms with Crippen molar-refractivity contribution in [2.45, 2.75) is 63.5 Å². The standard InChI is InChI=1S/C20H33N3/c21-13-10-18-6-8-19(9-7-18)16-22-17-20(11-2-3-12-20)23-14-4-1-5-15-23/h6-9,22H,1-5,10-17,21H2. The summed E-state index contributed by atoms with van der Waals surface area (Å²) < 4.78 is 0. The first-order valence-corrected chi connectivity index (χ1v) is 9.56. The van der Waals surface area contributed by atoms with Gasteiger partial charge in [0.15, 0.2) is 0 Å². The lowest BCUT2D eigenvalue weighted by molar-refractivity contribution is 0.0696. The first kappa shape index (κ1) is 16.9. The highest BCUT2D eigenvalue weighted by atomic mass is 15.2. The molecule has 0 aromatic heterocycles. The Bertz CT molecular complexity index is 456. The fourth-order valence-corrected chi connectivity index (χ4v) is 4.44. The van der Waals surface area contributed by atoms with Crippen LogP contribution in [0.4, 0.5) is 0 Å². The number of benzene rings is 1. The van der Waals surface area contributed by atoms with Gasteiger partial charge in [-0.3, -0.25) is 4.90 Å². The summed E-state index contributed by atoms with van der Waals surface area (Å²) in [6.45, 7) is 5.50. The van der Waals surface area contributed by atoms with Crippen molar-refractivity contribution < 1.29 is 0 Å². The molecule has 0 bridgehead atoms. The summed E-state index contributed by atoms with van der Waals surface area (Å²) in [4.78, 5) is 2.81. The highest BCUT2D eigenvalue weighted by Gasteiger charge is 2.39. The van der Waals surface area contributed by atoms with E-state index in [9.17, 15) is 0 Å². The van der Waals surface area contributed by atoms with E-state index in [0.29, 0.717) is 5.54 Å². The summed E-state index contributed by atoms with van der Waals surface area (Å²) in [7, 11) is 0. The van der Waals surface area contributed by atoms with E-state index in [2.05, 4.69) is 34.5 Å². The molecule has 3 heteroatoms. The second-order valence-electron chi connectivity index (χ2n) is 7.44. The summed E-state index contributed by atoms with van der Waals surface area (Å²) in [5, 5.41) is 3.77. The maximum atomic E-state index is 5.62. The Morgan fingerprint density at radius 2 is 1.57 bits per heavy atom. The highest BCUT2D eigenvalue weighted by Crippen LogP contribution is 2.36. The zero-order valence-corrected chi connectivity index (χ0v) is 14.5. The molecule has 23 heavy (non-hydrogen) atoms. The third kappa shape index (κ3) is 4.34. The van der Waals surface area contributed by atoms with Gasteiger partial charge in [0.1, 0.15) is 0 Å². The quantitative estimate of drug-likeness (QED) is 0.812. The van der Waals surface area contributed by atoms with Crippen LogP contribution in [0.25, 0.3) is 0 Å². The molecular formula is C20H33N3. The molecule has 0 radical (unpaired) electrons. The maximum Gasteiger partial charge on any atom is 0.0334 e. The predicted octanol–water partition coefficient (Wildman–Crippen LogP) is 3.08. The average molecular weight is 316 g/mol. The zero-order chi connectivity index (χ0) is 16.0. The number of rotatable bonds is 7. The number of hydrogen-bond acceptors (Lipinski definition) is 3. The molecule has 3 rings (SSSR count). The lowest BCUT2D eigenvalue weighted by atomic mass is 9.92. The molecule has 0 spiro atoms. The number of nitrogens with one attached hydrogen (secondary N) is 1. The van der Waals surface area contributed by atoms with E-state index in [4.69, 9.17) is 5.73 Å². The third-order valence-corrected chi connectivity index (χ3v) is 5.80. The molecular weight excluding hydrogens is 282 g/mol. The van der Waals surface area contributed by atoms with E-state index in [1.165, 1.54) is 69.2 Å². The van der Waals surface area contributed by atoms with E-state index in [-0.39, 0.29) is 0 Å². The van der Waals surface area contributed by atoms with Crippen molar-refractivity contribution >= 4 is 0 Å². The molecule has 0 unspecified atom stereocenters. The van der Waals surface area contributed by atoms with Crippen LogP contribution in [0, 0.1) is 0 Å². The minimum Gasteiger partial charge on any atom is -0.330 e. The fraction of sp³-hybridized carbons (Fsp3) is 0.700. The molecule has 3 N–H and O–H groups in total. The van der Waals surface area contributed by atoms with Gasteiger partial charge in [0, 0.05) is 18.6 Å². The van der Waals surface area contributed by atoms with Crippen LogP contribution in [0.5, 0.6) is 0 Å². The number of nitrogens with zero attached hydrogens (tertiary/aromatic N) is 1. The van der Waals surface area contributed by atoms with Crippen LogP contribution >= 0.6 is 0 Å². The van der Waals surface area contributed by atoms with Crippen LogP contribution in [0.15, 0.2) is 24.3 Å². The van der Waals surface area contributed by atoms with E-state index >= 15 is 0 Å². The van der Waals surface area contributed by atoms with Gasteiger partial charge >= 0.3 is 0 Å². The zero-order valence-electron chi connectivity index (χ0n) is 14.5. The van der Waals surface area contributed by atoms with E-state index < -0.39 is 0 Å². The normalized spacial score (nSPS) is 21.6. The molecule has 2 aliphatic rings. The molecule has 128 valence electrons. The number of nitrogens with two attached hydrogens (primary N) is 1. The second-order valence-corrected chi connectivity index (χ2v) is 7.44. The Morgan fingerprint density at radius 3 is 2.22 bits per heavy atom. The van der Waals surface area contributed by atoms with Crippen LogP contribution in [0.1, 0.15) is 56.1 Å². The van der Waals surface area contributed by atoms with Gasteiger partial charge in [0.05, 0.1) is 0 Å². The summed E-state index contributed by atoms with van der Waals surface area (Å²) in [5.41, 5.74) is 8.79.